The molecule has 0 saturated carbocycles. The molecule has 2 unspecified atom stereocenters. The van der Waals surface area contributed by atoms with Crippen molar-refractivity contribution in [2.45, 2.75) is 37.8 Å². The van der Waals surface area contributed by atoms with Crippen molar-refractivity contribution < 1.29 is 14.4 Å². The molecule has 1 radical (unpaired) electrons. The van der Waals surface area contributed by atoms with Crippen LogP contribution >= 0.6 is 0 Å². The first-order valence-electron chi connectivity index (χ1n) is 5.21. The van der Waals surface area contributed by atoms with Crippen LogP contribution in [-0.2, 0) is 14.4 Å². The van der Waals surface area contributed by atoms with Gasteiger partial charge in [0.05, 0.1) is 6.04 Å². The third-order valence-corrected chi connectivity index (χ3v) is 2.94. The molecule has 2 fully saturated rings. The van der Waals surface area contributed by atoms with Gasteiger partial charge in [-0.2, -0.15) is 0 Å². The Kier molecular flexibility index (Phi) is 2.81. The van der Waals surface area contributed by atoms with Gasteiger partial charge >= 0.3 is 0 Å². The molecule has 0 aliphatic carbocycles. The minimum absolute atomic E-state index is 0.248. The number of carbonyl (C=O) groups excluding carboxylic acids is 3. The van der Waals surface area contributed by atoms with Gasteiger partial charge in [-0.15, -0.1) is 0 Å². The normalized spacial score (nSPS) is 30.9. The largest absolute Gasteiger partial charge is 0.306 e. The van der Waals surface area contributed by atoms with Crippen LogP contribution in [0, 0.1) is 0 Å². The predicted octanol–water partition coefficient (Wildman–Crippen LogP) is -0.634. The van der Waals surface area contributed by atoms with Gasteiger partial charge in [0.1, 0.15) is 6.04 Å². The van der Waals surface area contributed by atoms with Crippen molar-refractivity contribution in [2.24, 2.45) is 0 Å². The van der Waals surface area contributed by atoms with Crippen LogP contribution in [0.2, 0.25) is 0 Å². The maximum absolute atomic E-state index is 11.9. The first-order chi connectivity index (χ1) is 7.24. The molecule has 2 amide bonds. The number of nitrogens with one attached hydrogen (secondary N) is 1. The molecule has 2 saturated heterocycles. The Morgan fingerprint density at radius 2 is 2.27 bits per heavy atom. The number of rotatable bonds is 2. The van der Waals surface area contributed by atoms with Crippen molar-refractivity contribution in [3.05, 3.63) is 0 Å². The standard InChI is InChI=1S/C10H13N2O3/c13-6-7-3-4-9(14)12(7)10(15)8-2-1-5-11-8/h7-8,11H,1-5H2. The second-order valence-electron chi connectivity index (χ2n) is 3.92. The number of carbonyl (C=O) groups is 2. The Balaban J connectivity index is 2.09. The predicted molar refractivity (Wildman–Crippen MR) is 51.6 cm³/mol. The molecule has 0 spiro atoms. The molecule has 0 aromatic rings. The summed E-state index contributed by atoms with van der Waals surface area (Å²) in [7, 11) is 0. The maximum Gasteiger partial charge on any atom is 0.246 e. The van der Waals surface area contributed by atoms with Gasteiger partial charge in [0.15, 0.2) is 0 Å². The summed E-state index contributed by atoms with van der Waals surface area (Å²) in [6.07, 6.45) is 4.13. The summed E-state index contributed by atoms with van der Waals surface area (Å²) in [5, 5.41) is 3.03. The van der Waals surface area contributed by atoms with E-state index in [9.17, 15) is 14.4 Å². The molecule has 1 N–H and O–H groups in total. The van der Waals surface area contributed by atoms with E-state index >= 15 is 0 Å². The monoisotopic (exact) mass is 209 g/mol. The van der Waals surface area contributed by atoms with E-state index in [0.29, 0.717) is 6.42 Å². The quantitative estimate of drug-likeness (QED) is 0.615. The van der Waals surface area contributed by atoms with Crippen LogP contribution in [0.4, 0.5) is 0 Å². The minimum atomic E-state index is -0.660. The fourth-order valence-electron chi connectivity index (χ4n) is 2.13. The van der Waals surface area contributed by atoms with Crippen molar-refractivity contribution in [3.8, 4) is 0 Å². The van der Waals surface area contributed by atoms with Crippen molar-refractivity contribution in [2.75, 3.05) is 6.54 Å². The summed E-state index contributed by atoms with van der Waals surface area (Å²) < 4.78 is 0. The molecule has 2 aliphatic heterocycles. The van der Waals surface area contributed by atoms with Gasteiger partial charge in [-0.1, -0.05) is 0 Å². The number of hydrogen-bond acceptors (Lipinski definition) is 4. The third kappa shape index (κ3) is 1.79. The summed E-state index contributed by atoms with van der Waals surface area (Å²) in [6.45, 7) is 0.800. The molecule has 5 heteroatoms. The number of likely N-dealkylation sites (tertiary alicyclic amines) is 1. The minimum Gasteiger partial charge on any atom is -0.306 e. The van der Waals surface area contributed by atoms with Crippen molar-refractivity contribution in [3.63, 3.8) is 0 Å². The second-order valence-corrected chi connectivity index (χ2v) is 3.92. The summed E-state index contributed by atoms with van der Waals surface area (Å²) >= 11 is 0. The number of imide groups is 1. The van der Waals surface area contributed by atoms with Crippen molar-refractivity contribution >= 4 is 18.1 Å². The molecule has 2 atom stereocenters. The molecular weight excluding hydrogens is 196 g/mol. The van der Waals surface area contributed by atoms with E-state index in [2.05, 4.69) is 5.32 Å². The molecule has 81 valence electrons. The van der Waals surface area contributed by atoms with E-state index in [1.807, 2.05) is 0 Å². The molecule has 0 aromatic heterocycles. The fourth-order valence-corrected chi connectivity index (χ4v) is 2.13. The zero-order valence-corrected chi connectivity index (χ0v) is 8.36. The van der Waals surface area contributed by atoms with Crippen LogP contribution in [0.5, 0.6) is 0 Å². The highest BCUT2D eigenvalue weighted by molar-refractivity contribution is 6.02. The third-order valence-electron chi connectivity index (χ3n) is 2.94. The summed E-state index contributed by atoms with van der Waals surface area (Å²) in [5.41, 5.74) is 0. The van der Waals surface area contributed by atoms with Crippen LogP contribution < -0.4 is 5.32 Å². The number of nitrogens with zero attached hydrogens (tertiary/aromatic N) is 1. The summed E-state index contributed by atoms with van der Waals surface area (Å²) in [6, 6.07) is -0.949. The Labute approximate surface area is 87.8 Å². The Bertz CT molecular complexity index is 297. The lowest BCUT2D eigenvalue weighted by molar-refractivity contribution is -0.143. The first kappa shape index (κ1) is 10.3. The zero-order chi connectivity index (χ0) is 10.8. The molecule has 5 nitrogen and oxygen atoms in total. The number of hydrogen-bond donors (Lipinski definition) is 1. The van der Waals surface area contributed by atoms with Crippen LogP contribution in [0.1, 0.15) is 25.7 Å². The summed E-state index contributed by atoms with van der Waals surface area (Å²) in [4.78, 5) is 35.0. The highest BCUT2D eigenvalue weighted by Gasteiger charge is 2.39. The Morgan fingerprint density at radius 1 is 1.47 bits per heavy atom. The van der Waals surface area contributed by atoms with Crippen molar-refractivity contribution in [1.82, 2.24) is 10.2 Å². The van der Waals surface area contributed by atoms with E-state index in [0.717, 1.165) is 24.3 Å². The highest BCUT2D eigenvalue weighted by atomic mass is 16.2. The topological polar surface area (TPSA) is 66.5 Å². The molecule has 0 aromatic carbocycles. The molecule has 2 rings (SSSR count). The van der Waals surface area contributed by atoms with Crippen LogP contribution in [0.3, 0.4) is 0 Å². The maximum atomic E-state index is 11.9. The molecule has 0 bridgehead atoms. The molecule has 2 aliphatic rings. The van der Waals surface area contributed by atoms with E-state index in [1.165, 1.54) is 0 Å². The Hall–Kier alpha value is -1.23. The average molecular weight is 209 g/mol. The SMILES string of the molecule is O=[C]C1CCC(=O)N1C(=O)C1CCCN1. The van der Waals surface area contributed by atoms with Gasteiger partial charge in [-0.25, -0.2) is 0 Å². The van der Waals surface area contributed by atoms with Crippen molar-refractivity contribution in [1.29, 1.82) is 0 Å². The molecule has 15 heavy (non-hydrogen) atoms. The zero-order valence-electron chi connectivity index (χ0n) is 8.36. The molecular formula is C10H13N2O3. The lowest BCUT2D eigenvalue weighted by Crippen LogP contribution is -2.48. The Morgan fingerprint density at radius 3 is 2.87 bits per heavy atom. The van der Waals surface area contributed by atoms with Gasteiger partial charge in [-0.05, 0) is 25.8 Å². The summed E-state index contributed by atoms with van der Waals surface area (Å²) in [5.74, 6) is -0.509. The van der Waals surface area contributed by atoms with E-state index in [4.69, 9.17) is 0 Å². The second kappa shape index (κ2) is 4.10. The number of amides is 2. The van der Waals surface area contributed by atoms with Crippen LogP contribution in [0.25, 0.3) is 0 Å². The fraction of sp³-hybridized carbons (Fsp3) is 0.700. The highest BCUT2D eigenvalue weighted by Crippen LogP contribution is 2.20. The van der Waals surface area contributed by atoms with Gasteiger partial charge in [0, 0.05) is 6.42 Å². The van der Waals surface area contributed by atoms with Crippen LogP contribution in [0.15, 0.2) is 0 Å². The van der Waals surface area contributed by atoms with Gasteiger partial charge in [0.25, 0.3) is 0 Å². The van der Waals surface area contributed by atoms with E-state index in [1.54, 1.807) is 6.29 Å². The van der Waals surface area contributed by atoms with Gasteiger partial charge in [0.2, 0.25) is 18.1 Å². The lowest BCUT2D eigenvalue weighted by Gasteiger charge is -2.21. The lowest BCUT2D eigenvalue weighted by atomic mass is 10.2. The first-order valence-corrected chi connectivity index (χ1v) is 5.21. The van der Waals surface area contributed by atoms with E-state index < -0.39 is 6.04 Å². The van der Waals surface area contributed by atoms with Gasteiger partial charge in [-0.3, -0.25) is 19.3 Å². The van der Waals surface area contributed by atoms with Crippen LogP contribution in [-0.4, -0.2) is 41.6 Å². The van der Waals surface area contributed by atoms with Gasteiger partial charge < -0.3 is 5.32 Å². The average Bonchev–Trinajstić information content (AvgIpc) is 2.85. The smallest absolute Gasteiger partial charge is 0.246 e. The molecule has 2 heterocycles. The van der Waals surface area contributed by atoms with E-state index in [-0.39, 0.29) is 24.3 Å².